The van der Waals surface area contributed by atoms with Gasteiger partial charge in [0.15, 0.2) is 0 Å². The molecule has 7 heavy (non-hydrogen) atoms. The highest BCUT2D eigenvalue weighted by molar-refractivity contribution is 5.23. The number of allylic oxidation sites excluding steroid dienone is 1. The van der Waals surface area contributed by atoms with Gasteiger partial charge in [0.2, 0.25) is 0 Å². The quantitative estimate of drug-likeness (QED) is 0.439. The molecule has 0 spiro atoms. The minimum Gasteiger partial charge on any atom is -0.0993 e. The minimum atomic E-state index is 0.838. The van der Waals surface area contributed by atoms with Crippen LogP contribution < -0.4 is 0 Å². The Hall–Kier alpha value is -0.260. The van der Waals surface area contributed by atoms with E-state index in [-0.39, 0.29) is 0 Å². The van der Waals surface area contributed by atoms with Crippen molar-refractivity contribution in [3.05, 3.63) is 12.2 Å². The number of hydrogen-bond donors (Lipinski definition) is 0. The second kappa shape index (κ2) is 1.36. The van der Waals surface area contributed by atoms with E-state index in [2.05, 4.69) is 20.4 Å². The Bertz CT molecular complexity index is 92.2. The molecule has 40 valence electrons. The average molecular weight is 96.2 g/mol. The maximum absolute atomic E-state index is 3.90. The lowest BCUT2D eigenvalue weighted by Gasteiger charge is -1.78. The zero-order valence-corrected chi connectivity index (χ0v) is 5.07. The van der Waals surface area contributed by atoms with Crippen molar-refractivity contribution in [1.82, 2.24) is 0 Å². The molecule has 0 amide bonds. The van der Waals surface area contributed by atoms with E-state index in [1.54, 1.807) is 0 Å². The van der Waals surface area contributed by atoms with E-state index in [1.165, 1.54) is 12.0 Å². The molecular weight excluding hydrogens is 84.1 g/mol. The predicted molar refractivity (Wildman–Crippen MR) is 32.1 cm³/mol. The smallest absolute Gasteiger partial charge is 0.0143 e. The molecule has 0 aromatic heterocycles. The molecule has 1 saturated carbocycles. The number of hydrogen-bond acceptors (Lipinski definition) is 0. The van der Waals surface area contributed by atoms with E-state index in [0.29, 0.717) is 0 Å². The Kier molecular flexibility index (Phi) is 0.949. The summed E-state index contributed by atoms with van der Waals surface area (Å²) in [6, 6.07) is 0. The van der Waals surface area contributed by atoms with Crippen LogP contribution in [0.1, 0.15) is 20.3 Å². The third kappa shape index (κ3) is 0.583. The SMILES string of the molecule is C=C1C(C)C1CC. The van der Waals surface area contributed by atoms with Crippen LogP contribution in [-0.2, 0) is 0 Å². The van der Waals surface area contributed by atoms with Crippen LogP contribution in [-0.4, -0.2) is 0 Å². The molecule has 0 N–H and O–H groups in total. The zero-order valence-electron chi connectivity index (χ0n) is 5.07. The molecule has 2 atom stereocenters. The largest absolute Gasteiger partial charge is 0.0993 e. The fourth-order valence-electron chi connectivity index (χ4n) is 1.16. The fraction of sp³-hybridized carbons (Fsp3) is 0.714. The summed E-state index contributed by atoms with van der Waals surface area (Å²) in [5.74, 6) is 1.71. The van der Waals surface area contributed by atoms with E-state index >= 15 is 0 Å². The normalized spacial score (nSPS) is 38.9. The lowest BCUT2D eigenvalue weighted by atomic mass is 10.3. The van der Waals surface area contributed by atoms with Crippen LogP contribution in [0, 0.1) is 11.8 Å². The van der Waals surface area contributed by atoms with Crippen molar-refractivity contribution >= 4 is 0 Å². The highest BCUT2D eigenvalue weighted by Crippen LogP contribution is 2.45. The standard InChI is InChI=1S/C7H12/c1-4-7-5(2)6(7)3/h6-7H,2,4H2,1,3H3. The second-order valence-corrected chi connectivity index (χ2v) is 2.38. The molecule has 0 aromatic rings. The van der Waals surface area contributed by atoms with Crippen molar-refractivity contribution in [2.75, 3.05) is 0 Å². The first-order valence-electron chi connectivity index (χ1n) is 2.96. The monoisotopic (exact) mass is 96.1 g/mol. The van der Waals surface area contributed by atoms with E-state index in [4.69, 9.17) is 0 Å². The maximum Gasteiger partial charge on any atom is -0.0143 e. The van der Waals surface area contributed by atoms with Crippen molar-refractivity contribution in [2.45, 2.75) is 20.3 Å². The molecule has 1 aliphatic carbocycles. The van der Waals surface area contributed by atoms with Crippen LogP contribution in [0.4, 0.5) is 0 Å². The first-order valence-corrected chi connectivity index (χ1v) is 2.96. The molecule has 0 heterocycles. The third-order valence-electron chi connectivity index (χ3n) is 2.00. The molecule has 0 saturated heterocycles. The van der Waals surface area contributed by atoms with Gasteiger partial charge in [0.25, 0.3) is 0 Å². The van der Waals surface area contributed by atoms with Crippen LogP contribution >= 0.6 is 0 Å². The Morgan fingerprint density at radius 2 is 2.14 bits per heavy atom. The highest BCUT2D eigenvalue weighted by atomic mass is 14.4. The zero-order chi connectivity index (χ0) is 5.44. The lowest BCUT2D eigenvalue weighted by molar-refractivity contribution is 0.727. The Morgan fingerprint density at radius 1 is 1.71 bits per heavy atom. The third-order valence-corrected chi connectivity index (χ3v) is 2.00. The van der Waals surface area contributed by atoms with E-state index in [1.807, 2.05) is 0 Å². The minimum absolute atomic E-state index is 0.838. The van der Waals surface area contributed by atoms with Crippen molar-refractivity contribution < 1.29 is 0 Å². The maximum atomic E-state index is 3.90. The highest BCUT2D eigenvalue weighted by Gasteiger charge is 2.35. The van der Waals surface area contributed by atoms with Crippen molar-refractivity contribution in [2.24, 2.45) is 11.8 Å². The van der Waals surface area contributed by atoms with E-state index in [9.17, 15) is 0 Å². The Morgan fingerprint density at radius 3 is 2.14 bits per heavy atom. The van der Waals surface area contributed by atoms with Gasteiger partial charge in [0, 0.05) is 0 Å². The van der Waals surface area contributed by atoms with E-state index < -0.39 is 0 Å². The van der Waals surface area contributed by atoms with Crippen molar-refractivity contribution in [1.29, 1.82) is 0 Å². The summed E-state index contributed by atoms with van der Waals surface area (Å²) in [7, 11) is 0. The van der Waals surface area contributed by atoms with Gasteiger partial charge in [-0.25, -0.2) is 0 Å². The molecule has 0 radical (unpaired) electrons. The van der Waals surface area contributed by atoms with Gasteiger partial charge < -0.3 is 0 Å². The summed E-state index contributed by atoms with van der Waals surface area (Å²) in [4.78, 5) is 0. The molecule has 0 heteroatoms. The van der Waals surface area contributed by atoms with Gasteiger partial charge in [0.05, 0.1) is 0 Å². The molecule has 0 nitrogen and oxygen atoms in total. The van der Waals surface area contributed by atoms with Gasteiger partial charge in [-0.3, -0.25) is 0 Å². The molecule has 1 aliphatic rings. The number of rotatable bonds is 1. The van der Waals surface area contributed by atoms with Crippen molar-refractivity contribution in [3.8, 4) is 0 Å². The predicted octanol–water partition coefficient (Wildman–Crippen LogP) is 2.22. The van der Waals surface area contributed by atoms with Crippen LogP contribution in [0.3, 0.4) is 0 Å². The summed E-state index contributed by atoms with van der Waals surface area (Å²) >= 11 is 0. The topological polar surface area (TPSA) is 0 Å². The molecule has 0 bridgehead atoms. The summed E-state index contributed by atoms with van der Waals surface area (Å²) in [6.45, 7) is 8.37. The first kappa shape index (κ1) is 4.89. The Labute approximate surface area is 45.2 Å². The van der Waals surface area contributed by atoms with Crippen molar-refractivity contribution in [3.63, 3.8) is 0 Å². The van der Waals surface area contributed by atoms with Crippen LogP contribution in [0.2, 0.25) is 0 Å². The van der Waals surface area contributed by atoms with Gasteiger partial charge in [-0.15, -0.1) is 0 Å². The summed E-state index contributed by atoms with van der Waals surface area (Å²) in [6.07, 6.45) is 1.29. The summed E-state index contributed by atoms with van der Waals surface area (Å²) in [5, 5.41) is 0. The van der Waals surface area contributed by atoms with Gasteiger partial charge in [-0.05, 0) is 18.3 Å². The first-order chi connectivity index (χ1) is 3.27. The lowest BCUT2D eigenvalue weighted by Crippen LogP contribution is -1.68. The molecule has 1 fully saturated rings. The van der Waals surface area contributed by atoms with Gasteiger partial charge in [-0.1, -0.05) is 26.0 Å². The molecular formula is C7H12. The summed E-state index contributed by atoms with van der Waals surface area (Å²) in [5.41, 5.74) is 1.46. The van der Waals surface area contributed by atoms with Crippen LogP contribution in [0.25, 0.3) is 0 Å². The van der Waals surface area contributed by atoms with Crippen LogP contribution in [0.5, 0.6) is 0 Å². The van der Waals surface area contributed by atoms with E-state index in [0.717, 1.165) is 11.8 Å². The van der Waals surface area contributed by atoms with Gasteiger partial charge >= 0.3 is 0 Å². The van der Waals surface area contributed by atoms with Gasteiger partial charge in [0.1, 0.15) is 0 Å². The molecule has 0 aromatic carbocycles. The van der Waals surface area contributed by atoms with Crippen LogP contribution in [0.15, 0.2) is 12.2 Å². The van der Waals surface area contributed by atoms with Gasteiger partial charge in [-0.2, -0.15) is 0 Å². The average Bonchev–Trinajstić information content (AvgIpc) is 2.17. The molecule has 1 rings (SSSR count). The second-order valence-electron chi connectivity index (χ2n) is 2.38. The molecule has 0 aliphatic heterocycles. The molecule has 2 unspecified atom stereocenters. The fourth-order valence-corrected chi connectivity index (χ4v) is 1.16. The Balaban J connectivity index is 2.38. The summed E-state index contributed by atoms with van der Waals surface area (Å²) < 4.78 is 0.